The molecule has 0 atom stereocenters. The third kappa shape index (κ3) is 5.23. The van der Waals surface area contributed by atoms with Crippen LogP contribution in [0.5, 0.6) is 5.75 Å². The maximum Gasteiger partial charge on any atom is 0.322 e. The quantitative estimate of drug-likeness (QED) is 0.884. The number of urea groups is 1. The molecule has 1 heterocycles. The van der Waals surface area contributed by atoms with E-state index in [0.717, 1.165) is 17.9 Å². The Morgan fingerprint density at radius 1 is 1.19 bits per heavy atom. The summed E-state index contributed by atoms with van der Waals surface area (Å²) in [7, 11) is 0. The molecule has 1 aliphatic heterocycles. The average molecular weight is 354 g/mol. The molecule has 26 heavy (non-hydrogen) atoms. The number of morpholine rings is 1. The molecule has 5 heteroatoms. The minimum atomic E-state index is -0.308. The highest BCUT2D eigenvalue weighted by Gasteiger charge is 2.29. The zero-order chi connectivity index (χ0) is 18.4. The summed E-state index contributed by atoms with van der Waals surface area (Å²) in [6.07, 6.45) is 0.848. The molecule has 3 rings (SSSR count). The summed E-state index contributed by atoms with van der Waals surface area (Å²) >= 11 is 0. The van der Waals surface area contributed by atoms with E-state index in [9.17, 15) is 4.79 Å². The van der Waals surface area contributed by atoms with Gasteiger partial charge in [-0.05, 0) is 31.5 Å². The number of hydrogen-bond donors (Lipinski definition) is 1. The molecule has 0 aromatic heterocycles. The van der Waals surface area contributed by atoms with Gasteiger partial charge in [-0.2, -0.15) is 0 Å². The standard InChI is InChI=1S/C21H26N2O3/c1-21(2)16-23(12-14-26-21)20(24)22-18-9-6-10-19(15-18)25-13-11-17-7-4-3-5-8-17/h3-10,15H,11-14,16H2,1-2H3,(H,22,24). The number of benzene rings is 2. The molecule has 2 aromatic rings. The summed E-state index contributed by atoms with van der Waals surface area (Å²) < 4.78 is 11.5. The van der Waals surface area contributed by atoms with E-state index in [1.807, 2.05) is 56.3 Å². The molecule has 138 valence electrons. The fourth-order valence-corrected chi connectivity index (χ4v) is 2.99. The summed E-state index contributed by atoms with van der Waals surface area (Å²) in [6, 6.07) is 17.6. The molecule has 1 aliphatic rings. The fourth-order valence-electron chi connectivity index (χ4n) is 2.99. The summed E-state index contributed by atoms with van der Waals surface area (Å²) in [4.78, 5) is 14.3. The SMILES string of the molecule is CC1(C)CN(C(=O)Nc2cccc(OCCc3ccccc3)c2)CCO1. The Morgan fingerprint density at radius 3 is 2.77 bits per heavy atom. The number of amides is 2. The lowest BCUT2D eigenvalue weighted by atomic mass is 10.1. The Balaban J connectivity index is 1.53. The highest BCUT2D eigenvalue weighted by atomic mass is 16.5. The topological polar surface area (TPSA) is 50.8 Å². The fraction of sp³-hybridized carbons (Fsp3) is 0.381. The lowest BCUT2D eigenvalue weighted by molar-refractivity contribution is -0.0720. The molecule has 5 nitrogen and oxygen atoms in total. The molecular formula is C21H26N2O3. The Morgan fingerprint density at radius 2 is 2.00 bits per heavy atom. The zero-order valence-corrected chi connectivity index (χ0v) is 15.4. The zero-order valence-electron chi connectivity index (χ0n) is 15.4. The molecule has 1 N–H and O–H groups in total. The summed E-state index contributed by atoms with van der Waals surface area (Å²) in [6.45, 7) is 6.32. The van der Waals surface area contributed by atoms with Crippen molar-refractivity contribution in [2.24, 2.45) is 0 Å². The molecular weight excluding hydrogens is 328 g/mol. The van der Waals surface area contributed by atoms with Gasteiger partial charge in [0.25, 0.3) is 0 Å². The van der Waals surface area contributed by atoms with Gasteiger partial charge in [0.2, 0.25) is 0 Å². The first-order valence-electron chi connectivity index (χ1n) is 8.98. The van der Waals surface area contributed by atoms with E-state index in [1.54, 1.807) is 4.90 Å². The van der Waals surface area contributed by atoms with Gasteiger partial charge in [0.15, 0.2) is 0 Å². The largest absolute Gasteiger partial charge is 0.493 e. The third-order valence-electron chi connectivity index (χ3n) is 4.30. The molecule has 2 amide bonds. The Labute approximate surface area is 154 Å². The average Bonchev–Trinajstić information content (AvgIpc) is 2.62. The molecule has 0 unspecified atom stereocenters. The van der Waals surface area contributed by atoms with Gasteiger partial charge in [0, 0.05) is 24.7 Å². The van der Waals surface area contributed by atoms with Crippen molar-refractivity contribution in [2.45, 2.75) is 25.9 Å². The summed E-state index contributed by atoms with van der Waals surface area (Å²) in [5.41, 5.74) is 1.67. The van der Waals surface area contributed by atoms with Gasteiger partial charge in [-0.25, -0.2) is 4.79 Å². The minimum Gasteiger partial charge on any atom is -0.493 e. The highest BCUT2D eigenvalue weighted by Crippen LogP contribution is 2.20. The van der Waals surface area contributed by atoms with E-state index in [4.69, 9.17) is 9.47 Å². The monoisotopic (exact) mass is 354 g/mol. The van der Waals surface area contributed by atoms with Crippen LogP contribution in [0.4, 0.5) is 10.5 Å². The smallest absolute Gasteiger partial charge is 0.322 e. The van der Waals surface area contributed by atoms with E-state index in [2.05, 4.69) is 17.4 Å². The van der Waals surface area contributed by atoms with Crippen LogP contribution in [0.15, 0.2) is 54.6 Å². The molecule has 0 saturated carbocycles. The predicted octanol–water partition coefficient (Wildman–Crippen LogP) is 3.95. The second-order valence-electron chi connectivity index (χ2n) is 7.07. The maximum atomic E-state index is 12.5. The lowest BCUT2D eigenvalue weighted by Crippen LogP contribution is -2.51. The van der Waals surface area contributed by atoms with Crippen LogP contribution in [0.2, 0.25) is 0 Å². The number of carbonyl (C=O) groups excluding carboxylic acids is 1. The van der Waals surface area contributed by atoms with Gasteiger partial charge in [0.1, 0.15) is 5.75 Å². The van der Waals surface area contributed by atoms with Crippen molar-refractivity contribution in [1.82, 2.24) is 4.90 Å². The predicted molar refractivity (Wildman–Crippen MR) is 103 cm³/mol. The van der Waals surface area contributed by atoms with E-state index < -0.39 is 0 Å². The molecule has 2 aromatic carbocycles. The number of anilines is 1. The summed E-state index contributed by atoms with van der Waals surface area (Å²) in [5, 5.41) is 2.95. The molecule has 0 bridgehead atoms. The number of nitrogens with zero attached hydrogens (tertiary/aromatic N) is 1. The Kier molecular flexibility index (Phi) is 5.78. The van der Waals surface area contributed by atoms with Crippen molar-refractivity contribution in [1.29, 1.82) is 0 Å². The van der Waals surface area contributed by atoms with Crippen molar-refractivity contribution in [3.63, 3.8) is 0 Å². The second kappa shape index (κ2) is 8.23. The van der Waals surface area contributed by atoms with Gasteiger partial charge in [-0.15, -0.1) is 0 Å². The van der Waals surface area contributed by atoms with Crippen molar-refractivity contribution in [2.75, 3.05) is 31.6 Å². The van der Waals surface area contributed by atoms with Crippen LogP contribution in [-0.4, -0.2) is 42.8 Å². The number of ether oxygens (including phenoxy) is 2. The normalized spacial score (nSPS) is 16.2. The van der Waals surface area contributed by atoms with Crippen LogP contribution >= 0.6 is 0 Å². The number of carbonyl (C=O) groups is 1. The first kappa shape index (κ1) is 18.3. The van der Waals surface area contributed by atoms with Gasteiger partial charge in [0.05, 0.1) is 25.4 Å². The van der Waals surface area contributed by atoms with E-state index in [1.165, 1.54) is 5.56 Å². The van der Waals surface area contributed by atoms with Gasteiger partial charge in [-0.1, -0.05) is 36.4 Å². The van der Waals surface area contributed by atoms with E-state index >= 15 is 0 Å². The minimum absolute atomic E-state index is 0.109. The van der Waals surface area contributed by atoms with Crippen molar-refractivity contribution < 1.29 is 14.3 Å². The second-order valence-corrected chi connectivity index (χ2v) is 7.07. The van der Waals surface area contributed by atoms with Crippen LogP contribution < -0.4 is 10.1 Å². The summed E-state index contributed by atoms with van der Waals surface area (Å²) in [5.74, 6) is 0.751. The first-order chi connectivity index (χ1) is 12.5. The van der Waals surface area contributed by atoms with Crippen LogP contribution in [0.1, 0.15) is 19.4 Å². The van der Waals surface area contributed by atoms with Crippen LogP contribution in [0.3, 0.4) is 0 Å². The van der Waals surface area contributed by atoms with Crippen LogP contribution in [-0.2, 0) is 11.2 Å². The van der Waals surface area contributed by atoms with Crippen LogP contribution in [0, 0.1) is 0 Å². The number of nitrogens with one attached hydrogen (secondary N) is 1. The molecule has 1 fully saturated rings. The van der Waals surface area contributed by atoms with E-state index in [0.29, 0.717) is 26.3 Å². The maximum absolute atomic E-state index is 12.5. The van der Waals surface area contributed by atoms with Gasteiger partial charge >= 0.3 is 6.03 Å². The van der Waals surface area contributed by atoms with Gasteiger partial charge < -0.3 is 19.7 Å². The molecule has 1 saturated heterocycles. The highest BCUT2D eigenvalue weighted by molar-refractivity contribution is 5.89. The van der Waals surface area contributed by atoms with Crippen molar-refractivity contribution in [3.05, 3.63) is 60.2 Å². The lowest BCUT2D eigenvalue weighted by Gasteiger charge is -2.38. The Bertz CT molecular complexity index is 731. The molecule has 0 radical (unpaired) electrons. The first-order valence-corrected chi connectivity index (χ1v) is 8.98. The number of hydrogen-bond acceptors (Lipinski definition) is 3. The van der Waals surface area contributed by atoms with Gasteiger partial charge in [-0.3, -0.25) is 0 Å². The van der Waals surface area contributed by atoms with Crippen LogP contribution in [0.25, 0.3) is 0 Å². The third-order valence-corrected chi connectivity index (χ3v) is 4.30. The Hall–Kier alpha value is -2.53. The number of rotatable bonds is 5. The molecule has 0 aliphatic carbocycles. The van der Waals surface area contributed by atoms with Crippen molar-refractivity contribution >= 4 is 11.7 Å². The van der Waals surface area contributed by atoms with Crippen molar-refractivity contribution in [3.8, 4) is 5.75 Å². The molecule has 0 spiro atoms. The van der Waals surface area contributed by atoms with E-state index in [-0.39, 0.29) is 11.6 Å².